The van der Waals surface area contributed by atoms with Crippen molar-refractivity contribution in [1.82, 2.24) is 9.62 Å². The van der Waals surface area contributed by atoms with Crippen LogP contribution in [0.2, 0.25) is 10.0 Å². The van der Waals surface area contributed by atoms with E-state index in [0.717, 1.165) is 6.42 Å². The van der Waals surface area contributed by atoms with Gasteiger partial charge in [-0.25, -0.2) is 12.7 Å². The smallest absolute Gasteiger partial charge is 0.224 e. The zero-order valence-corrected chi connectivity index (χ0v) is 17.7. The average Bonchev–Trinajstić information content (AvgIpc) is 2.64. The van der Waals surface area contributed by atoms with Crippen molar-refractivity contribution >= 4 is 39.1 Å². The number of ether oxygens (including phenoxy) is 1. The predicted molar refractivity (Wildman–Crippen MR) is 108 cm³/mol. The fourth-order valence-electron chi connectivity index (χ4n) is 3.01. The van der Waals surface area contributed by atoms with Gasteiger partial charge in [-0.2, -0.15) is 0 Å². The number of amides is 1. The van der Waals surface area contributed by atoms with Crippen LogP contribution in [-0.4, -0.2) is 51.5 Å². The molecule has 0 bridgehead atoms. The Morgan fingerprint density at radius 3 is 2.81 bits per heavy atom. The number of carbonyl (C=O) groups excluding carboxylic acids is 1. The predicted octanol–water partition coefficient (Wildman–Crippen LogP) is 3.08. The maximum atomic E-state index is 12.8. The molecule has 0 spiro atoms. The molecule has 27 heavy (non-hydrogen) atoms. The molecule has 0 radical (unpaired) electrons. The van der Waals surface area contributed by atoms with E-state index in [1.165, 1.54) is 4.31 Å². The van der Waals surface area contributed by atoms with Crippen molar-refractivity contribution in [2.24, 2.45) is 5.92 Å². The van der Waals surface area contributed by atoms with Crippen LogP contribution in [0.4, 0.5) is 0 Å². The number of sulfonamides is 1. The molecule has 1 heterocycles. The summed E-state index contributed by atoms with van der Waals surface area (Å²) in [5.41, 5.74) is 0.576. The number of carbonyl (C=O) groups is 1. The van der Waals surface area contributed by atoms with Gasteiger partial charge < -0.3 is 10.1 Å². The number of nitrogens with zero attached hydrogens (tertiary/aromatic N) is 1. The Morgan fingerprint density at radius 2 is 2.11 bits per heavy atom. The van der Waals surface area contributed by atoms with Crippen molar-refractivity contribution in [2.75, 3.05) is 32.8 Å². The number of hydrogen-bond acceptors (Lipinski definition) is 4. The number of halogens is 2. The summed E-state index contributed by atoms with van der Waals surface area (Å²) in [7, 11) is -3.53. The lowest BCUT2D eigenvalue weighted by Gasteiger charge is -2.31. The zero-order chi connectivity index (χ0) is 19.9. The van der Waals surface area contributed by atoms with E-state index in [0.29, 0.717) is 54.8 Å². The van der Waals surface area contributed by atoms with E-state index in [1.807, 2.05) is 6.92 Å². The maximum absolute atomic E-state index is 12.8. The van der Waals surface area contributed by atoms with Crippen LogP contribution in [0, 0.1) is 5.92 Å². The fourth-order valence-corrected chi connectivity index (χ4v) is 4.93. The average molecular weight is 437 g/mol. The molecule has 1 fully saturated rings. The van der Waals surface area contributed by atoms with Crippen molar-refractivity contribution in [3.63, 3.8) is 0 Å². The number of piperidine rings is 1. The molecular formula is C18H26Cl2N2O4S. The Labute approximate surface area is 171 Å². The molecule has 1 aliphatic heterocycles. The summed E-state index contributed by atoms with van der Waals surface area (Å²) in [6.45, 7) is 4.35. The highest BCUT2D eigenvalue weighted by atomic mass is 35.5. The SMILES string of the molecule is CCOCCCNC(=O)[C@H]1CCCN(S(=O)(=O)Cc2ccc(Cl)c(Cl)c2)C1. The van der Waals surface area contributed by atoms with Crippen LogP contribution in [0.5, 0.6) is 0 Å². The summed E-state index contributed by atoms with van der Waals surface area (Å²) in [4.78, 5) is 12.3. The normalized spacial score (nSPS) is 18.4. The first-order valence-corrected chi connectivity index (χ1v) is 11.5. The second-order valence-electron chi connectivity index (χ2n) is 6.54. The van der Waals surface area contributed by atoms with E-state index >= 15 is 0 Å². The summed E-state index contributed by atoms with van der Waals surface area (Å²) in [5.74, 6) is -0.581. The summed E-state index contributed by atoms with van der Waals surface area (Å²) in [6, 6.07) is 4.80. The summed E-state index contributed by atoms with van der Waals surface area (Å²) < 4.78 is 32.2. The van der Waals surface area contributed by atoms with Gasteiger partial charge >= 0.3 is 0 Å². The van der Waals surface area contributed by atoms with E-state index in [2.05, 4.69) is 5.32 Å². The third-order valence-corrected chi connectivity index (χ3v) is 7.01. The molecule has 1 aliphatic rings. The zero-order valence-electron chi connectivity index (χ0n) is 15.4. The van der Waals surface area contributed by atoms with Gasteiger partial charge in [0.2, 0.25) is 15.9 Å². The summed E-state index contributed by atoms with van der Waals surface area (Å²) in [5, 5.41) is 3.59. The second-order valence-corrected chi connectivity index (χ2v) is 9.33. The molecule has 0 saturated carbocycles. The number of rotatable bonds is 9. The summed E-state index contributed by atoms with van der Waals surface area (Å²) in [6.07, 6.45) is 2.10. The molecule has 0 aliphatic carbocycles. The second kappa shape index (κ2) is 10.6. The molecule has 1 saturated heterocycles. The van der Waals surface area contributed by atoms with Crippen LogP contribution in [-0.2, 0) is 25.3 Å². The number of nitrogens with one attached hydrogen (secondary N) is 1. The molecule has 1 aromatic rings. The Bertz CT molecular complexity index is 743. The van der Waals surface area contributed by atoms with Crippen LogP contribution in [0.3, 0.4) is 0 Å². The van der Waals surface area contributed by atoms with Crippen LogP contribution in [0.25, 0.3) is 0 Å². The first kappa shape index (κ1) is 22.4. The Kier molecular flexibility index (Phi) is 8.82. The minimum Gasteiger partial charge on any atom is -0.382 e. The molecular weight excluding hydrogens is 411 g/mol. The first-order valence-electron chi connectivity index (χ1n) is 9.10. The molecule has 1 aromatic carbocycles. The molecule has 9 heteroatoms. The van der Waals surface area contributed by atoms with Gasteiger partial charge in [0.25, 0.3) is 0 Å². The standard InChI is InChI=1S/C18H26Cl2N2O4S/c1-2-26-10-4-8-21-18(23)15-5-3-9-22(12-15)27(24,25)13-14-6-7-16(19)17(20)11-14/h6-7,11,15H,2-5,8-10,12-13H2,1H3,(H,21,23)/t15-/m0/s1. The number of benzene rings is 1. The van der Waals surface area contributed by atoms with Crippen molar-refractivity contribution in [3.8, 4) is 0 Å². The molecule has 152 valence electrons. The van der Waals surface area contributed by atoms with Crippen LogP contribution < -0.4 is 5.32 Å². The topological polar surface area (TPSA) is 75.7 Å². The van der Waals surface area contributed by atoms with Crippen molar-refractivity contribution < 1.29 is 17.9 Å². The largest absolute Gasteiger partial charge is 0.382 e. The van der Waals surface area contributed by atoms with Gasteiger partial charge in [-0.3, -0.25) is 4.79 Å². The monoisotopic (exact) mass is 436 g/mol. The van der Waals surface area contributed by atoms with Gasteiger partial charge in [0.1, 0.15) is 0 Å². The van der Waals surface area contributed by atoms with Gasteiger partial charge in [-0.1, -0.05) is 29.3 Å². The fraction of sp³-hybridized carbons (Fsp3) is 0.611. The molecule has 0 unspecified atom stereocenters. The number of hydrogen-bond donors (Lipinski definition) is 1. The lowest BCUT2D eigenvalue weighted by Crippen LogP contribution is -2.45. The molecule has 1 N–H and O–H groups in total. The Morgan fingerprint density at radius 1 is 1.33 bits per heavy atom. The van der Waals surface area contributed by atoms with E-state index in [1.54, 1.807) is 18.2 Å². The van der Waals surface area contributed by atoms with Gasteiger partial charge in [-0.05, 0) is 43.9 Å². The first-order chi connectivity index (χ1) is 12.8. The molecule has 1 amide bonds. The lowest BCUT2D eigenvalue weighted by atomic mass is 9.99. The highest BCUT2D eigenvalue weighted by Crippen LogP contribution is 2.26. The van der Waals surface area contributed by atoms with Gasteiger partial charge in [0.15, 0.2) is 0 Å². The van der Waals surface area contributed by atoms with Gasteiger partial charge in [-0.15, -0.1) is 0 Å². The van der Waals surface area contributed by atoms with Crippen molar-refractivity contribution in [1.29, 1.82) is 0 Å². The highest BCUT2D eigenvalue weighted by Gasteiger charge is 2.32. The maximum Gasteiger partial charge on any atom is 0.224 e. The van der Waals surface area contributed by atoms with E-state index in [-0.39, 0.29) is 24.1 Å². The highest BCUT2D eigenvalue weighted by molar-refractivity contribution is 7.88. The quantitative estimate of drug-likeness (QED) is 0.603. The van der Waals surface area contributed by atoms with E-state index in [9.17, 15) is 13.2 Å². The van der Waals surface area contributed by atoms with Crippen molar-refractivity contribution in [2.45, 2.75) is 31.9 Å². The van der Waals surface area contributed by atoms with Gasteiger partial charge in [0, 0.05) is 32.8 Å². The van der Waals surface area contributed by atoms with Crippen LogP contribution in [0.1, 0.15) is 31.7 Å². The van der Waals surface area contributed by atoms with E-state index in [4.69, 9.17) is 27.9 Å². The molecule has 0 aromatic heterocycles. The lowest BCUT2D eigenvalue weighted by molar-refractivity contribution is -0.126. The van der Waals surface area contributed by atoms with Crippen LogP contribution in [0.15, 0.2) is 18.2 Å². The van der Waals surface area contributed by atoms with Gasteiger partial charge in [0.05, 0.1) is 21.7 Å². The molecule has 1 atom stereocenters. The minimum atomic E-state index is -3.53. The van der Waals surface area contributed by atoms with Crippen LogP contribution >= 0.6 is 23.2 Å². The third-order valence-electron chi connectivity index (χ3n) is 4.45. The third kappa shape index (κ3) is 6.91. The molecule has 2 rings (SSSR count). The van der Waals surface area contributed by atoms with E-state index < -0.39 is 10.0 Å². The Balaban J connectivity index is 1.91. The Hall–Kier alpha value is -0.860. The summed E-state index contributed by atoms with van der Waals surface area (Å²) >= 11 is 11.9. The van der Waals surface area contributed by atoms with Crippen molar-refractivity contribution in [3.05, 3.63) is 33.8 Å². The molecule has 6 nitrogen and oxygen atoms in total. The minimum absolute atomic E-state index is 0.0964.